The molecule has 2 aromatic carbocycles. The van der Waals surface area contributed by atoms with E-state index in [1.807, 2.05) is 30.3 Å². The van der Waals surface area contributed by atoms with Crippen molar-refractivity contribution in [3.05, 3.63) is 76.0 Å². The first-order chi connectivity index (χ1) is 15.6. The molecule has 0 radical (unpaired) electrons. The molecular formula is C23H24FN5O2S. The van der Waals surface area contributed by atoms with Gasteiger partial charge < -0.3 is 10.6 Å². The van der Waals surface area contributed by atoms with E-state index in [0.29, 0.717) is 18.8 Å². The summed E-state index contributed by atoms with van der Waals surface area (Å²) in [4.78, 5) is 27.0. The van der Waals surface area contributed by atoms with Crippen molar-refractivity contribution in [2.45, 2.75) is 25.9 Å². The molecule has 32 heavy (non-hydrogen) atoms. The van der Waals surface area contributed by atoms with Crippen LogP contribution in [0.5, 0.6) is 0 Å². The highest BCUT2D eigenvalue weighted by molar-refractivity contribution is 7.13. The smallest absolute Gasteiger partial charge is 0.286 e. The highest BCUT2D eigenvalue weighted by atomic mass is 32.1. The molecule has 0 saturated carbocycles. The maximum atomic E-state index is 13.0. The lowest BCUT2D eigenvalue weighted by molar-refractivity contribution is -0.126. The Bertz CT molecular complexity index is 1050. The van der Waals surface area contributed by atoms with Gasteiger partial charge in [-0.15, -0.1) is 10.2 Å². The first kappa shape index (κ1) is 22.0. The fraction of sp³-hybridized carbons (Fsp3) is 0.304. The Balaban J connectivity index is 1.22. The second kappa shape index (κ2) is 10.4. The minimum atomic E-state index is -0.367. The Kier molecular flexibility index (Phi) is 7.18. The molecule has 1 aliphatic heterocycles. The fourth-order valence-corrected chi connectivity index (χ4v) is 4.38. The summed E-state index contributed by atoms with van der Waals surface area (Å²) < 4.78 is 13.0. The largest absolute Gasteiger partial charge is 0.352 e. The van der Waals surface area contributed by atoms with Gasteiger partial charge in [-0.3, -0.25) is 14.5 Å². The summed E-state index contributed by atoms with van der Waals surface area (Å²) in [5.74, 6) is -0.613. The SMILES string of the molecule is O=C(Nc1ccc(F)cc1)c1nnc(CN2CCC(C(=O)NCc3ccccc3)CC2)s1. The lowest BCUT2D eigenvalue weighted by Gasteiger charge is -2.30. The molecule has 0 atom stereocenters. The van der Waals surface area contributed by atoms with Gasteiger partial charge in [0.2, 0.25) is 10.9 Å². The number of hydrogen-bond donors (Lipinski definition) is 2. The van der Waals surface area contributed by atoms with E-state index in [2.05, 4.69) is 25.7 Å². The van der Waals surface area contributed by atoms with Gasteiger partial charge in [0.05, 0.1) is 6.54 Å². The summed E-state index contributed by atoms with van der Waals surface area (Å²) in [6.07, 6.45) is 1.58. The second-order valence-electron chi connectivity index (χ2n) is 7.72. The number of nitrogens with zero attached hydrogens (tertiary/aromatic N) is 3. The van der Waals surface area contributed by atoms with E-state index in [1.165, 1.54) is 35.6 Å². The van der Waals surface area contributed by atoms with Crippen LogP contribution in [0, 0.1) is 11.7 Å². The quantitative estimate of drug-likeness (QED) is 0.572. The number of aromatic nitrogens is 2. The van der Waals surface area contributed by atoms with E-state index < -0.39 is 0 Å². The molecule has 1 saturated heterocycles. The van der Waals surface area contributed by atoms with Crippen LogP contribution in [0.2, 0.25) is 0 Å². The predicted octanol–water partition coefficient (Wildman–Crippen LogP) is 3.46. The summed E-state index contributed by atoms with van der Waals surface area (Å²) in [7, 11) is 0. The molecule has 7 nitrogen and oxygen atoms in total. The molecule has 0 spiro atoms. The van der Waals surface area contributed by atoms with Crippen molar-refractivity contribution in [1.29, 1.82) is 0 Å². The highest BCUT2D eigenvalue weighted by Gasteiger charge is 2.25. The first-order valence-electron chi connectivity index (χ1n) is 10.5. The summed E-state index contributed by atoms with van der Waals surface area (Å²) in [5.41, 5.74) is 1.59. The minimum absolute atomic E-state index is 0.0152. The van der Waals surface area contributed by atoms with Gasteiger partial charge in [0.25, 0.3) is 5.91 Å². The van der Waals surface area contributed by atoms with E-state index in [1.54, 1.807) is 0 Å². The molecule has 0 unspecified atom stereocenters. The molecule has 0 bridgehead atoms. The van der Waals surface area contributed by atoms with E-state index >= 15 is 0 Å². The van der Waals surface area contributed by atoms with Crippen molar-refractivity contribution in [2.24, 2.45) is 5.92 Å². The lowest BCUT2D eigenvalue weighted by atomic mass is 9.96. The van der Waals surface area contributed by atoms with Gasteiger partial charge in [-0.2, -0.15) is 0 Å². The van der Waals surface area contributed by atoms with Crippen LogP contribution in [0.3, 0.4) is 0 Å². The number of likely N-dealkylation sites (tertiary alicyclic amines) is 1. The Morgan fingerprint density at radius 2 is 1.75 bits per heavy atom. The molecule has 4 rings (SSSR count). The van der Waals surface area contributed by atoms with Crippen molar-refractivity contribution in [2.75, 3.05) is 18.4 Å². The molecule has 2 heterocycles. The second-order valence-corrected chi connectivity index (χ2v) is 8.78. The average molecular weight is 454 g/mol. The topological polar surface area (TPSA) is 87.2 Å². The molecular weight excluding hydrogens is 429 g/mol. The minimum Gasteiger partial charge on any atom is -0.352 e. The van der Waals surface area contributed by atoms with Gasteiger partial charge in [0, 0.05) is 18.2 Å². The van der Waals surface area contributed by atoms with Crippen molar-refractivity contribution in [3.8, 4) is 0 Å². The maximum Gasteiger partial charge on any atom is 0.286 e. The molecule has 166 valence electrons. The third-order valence-electron chi connectivity index (χ3n) is 5.39. The molecule has 9 heteroatoms. The van der Waals surface area contributed by atoms with Crippen LogP contribution in [-0.4, -0.2) is 40.0 Å². The Hall–Kier alpha value is -3.17. The van der Waals surface area contributed by atoms with Gasteiger partial charge >= 0.3 is 0 Å². The van der Waals surface area contributed by atoms with Gasteiger partial charge in [-0.25, -0.2) is 4.39 Å². The van der Waals surface area contributed by atoms with Gasteiger partial charge in [0.15, 0.2) is 0 Å². The number of nitrogens with one attached hydrogen (secondary N) is 2. The molecule has 0 aliphatic carbocycles. The van der Waals surface area contributed by atoms with Gasteiger partial charge in [0.1, 0.15) is 10.8 Å². The fourth-order valence-electron chi connectivity index (χ4n) is 3.60. The molecule has 3 aromatic rings. The monoisotopic (exact) mass is 453 g/mol. The van der Waals surface area contributed by atoms with E-state index in [-0.39, 0.29) is 28.6 Å². The van der Waals surface area contributed by atoms with E-state index in [9.17, 15) is 14.0 Å². The van der Waals surface area contributed by atoms with Crippen LogP contribution in [0.25, 0.3) is 0 Å². The molecule has 1 aromatic heterocycles. The van der Waals surface area contributed by atoms with Crippen LogP contribution in [0.15, 0.2) is 54.6 Å². The zero-order valence-corrected chi connectivity index (χ0v) is 18.3. The number of benzene rings is 2. The number of hydrogen-bond acceptors (Lipinski definition) is 6. The molecule has 1 aliphatic rings. The van der Waals surface area contributed by atoms with Crippen LogP contribution < -0.4 is 10.6 Å². The first-order valence-corrected chi connectivity index (χ1v) is 11.3. The number of anilines is 1. The third-order valence-corrected chi connectivity index (χ3v) is 6.30. The summed E-state index contributed by atoms with van der Waals surface area (Å²) in [5, 5.41) is 14.8. The molecule has 2 N–H and O–H groups in total. The number of carbonyl (C=O) groups excluding carboxylic acids is 2. The summed E-state index contributed by atoms with van der Waals surface area (Å²) in [6.45, 7) is 2.73. The summed E-state index contributed by atoms with van der Waals surface area (Å²) in [6, 6.07) is 15.4. The lowest BCUT2D eigenvalue weighted by Crippen LogP contribution is -2.40. The van der Waals surface area contributed by atoms with Crippen LogP contribution in [0.1, 0.15) is 33.2 Å². The maximum absolute atomic E-state index is 13.0. The number of carbonyl (C=O) groups is 2. The zero-order chi connectivity index (χ0) is 22.3. The number of piperidine rings is 1. The number of rotatable bonds is 7. The van der Waals surface area contributed by atoms with Crippen molar-refractivity contribution >= 4 is 28.8 Å². The van der Waals surface area contributed by atoms with E-state index in [4.69, 9.17) is 0 Å². The average Bonchev–Trinajstić information content (AvgIpc) is 3.29. The standard InChI is InChI=1S/C23H24FN5O2S/c24-18-6-8-19(9-7-18)26-22(31)23-28-27-20(32-23)15-29-12-10-17(11-13-29)21(30)25-14-16-4-2-1-3-5-16/h1-9,17H,10-15H2,(H,25,30)(H,26,31). The summed E-state index contributed by atoms with van der Waals surface area (Å²) >= 11 is 1.24. The van der Waals surface area contributed by atoms with Crippen LogP contribution in [-0.2, 0) is 17.9 Å². The highest BCUT2D eigenvalue weighted by Crippen LogP contribution is 2.21. The normalized spacial score (nSPS) is 14.8. The Labute approximate surface area is 189 Å². The Morgan fingerprint density at radius 1 is 1.03 bits per heavy atom. The van der Waals surface area contributed by atoms with Gasteiger partial charge in [-0.05, 0) is 55.8 Å². The number of halogens is 1. The Morgan fingerprint density at radius 3 is 2.47 bits per heavy atom. The zero-order valence-electron chi connectivity index (χ0n) is 17.5. The predicted molar refractivity (Wildman–Crippen MR) is 121 cm³/mol. The third kappa shape index (κ3) is 5.95. The number of amides is 2. The van der Waals surface area contributed by atoms with Crippen molar-refractivity contribution in [3.63, 3.8) is 0 Å². The van der Waals surface area contributed by atoms with Crippen LogP contribution in [0.4, 0.5) is 10.1 Å². The van der Waals surface area contributed by atoms with Crippen molar-refractivity contribution < 1.29 is 14.0 Å². The molecule has 2 amide bonds. The van der Waals surface area contributed by atoms with Crippen molar-refractivity contribution in [1.82, 2.24) is 20.4 Å². The molecule has 1 fully saturated rings. The van der Waals surface area contributed by atoms with E-state index in [0.717, 1.165) is 36.5 Å². The van der Waals surface area contributed by atoms with Crippen LogP contribution >= 0.6 is 11.3 Å². The van der Waals surface area contributed by atoms with Gasteiger partial charge in [-0.1, -0.05) is 41.7 Å².